The summed E-state index contributed by atoms with van der Waals surface area (Å²) in [5.41, 5.74) is 2.70. The number of hydrogen-bond donors (Lipinski definition) is 0. The summed E-state index contributed by atoms with van der Waals surface area (Å²) in [4.78, 5) is 2.13. The Bertz CT molecular complexity index is 279. The number of benzene rings is 1. The van der Waals surface area contributed by atoms with Crippen LogP contribution in [0.1, 0.15) is 25.3 Å². The molecule has 2 heteroatoms. The summed E-state index contributed by atoms with van der Waals surface area (Å²) in [5.74, 6) is 0.735. The summed E-state index contributed by atoms with van der Waals surface area (Å²) in [6, 6.07) is 8.82. The van der Waals surface area contributed by atoms with Gasteiger partial charge in [0.15, 0.2) is 0 Å². The van der Waals surface area contributed by atoms with Gasteiger partial charge in [-0.25, -0.2) is 0 Å². The quantitative estimate of drug-likeness (QED) is 0.678. The number of anilines is 1. The standard InChI is InChI=1S/C14H22N.Li.H/c1-5-12(2)6-7-13-8-10-14(11-9-13)15(3)4;;/h8-12H,1,5-7H2,2-4H3;;. The van der Waals surface area contributed by atoms with Gasteiger partial charge in [0.25, 0.3) is 0 Å². The van der Waals surface area contributed by atoms with E-state index in [-0.39, 0.29) is 18.9 Å². The van der Waals surface area contributed by atoms with Crippen LogP contribution in [0.3, 0.4) is 0 Å². The van der Waals surface area contributed by atoms with Crippen LogP contribution in [-0.2, 0) is 6.42 Å². The van der Waals surface area contributed by atoms with E-state index in [4.69, 9.17) is 0 Å². The van der Waals surface area contributed by atoms with Crippen molar-refractivity contribution in [3.8, 4) is 0 Å². The summed E-state index contributed by atoms with van der Waals surface area (Å²) in [6.45, 7) is 6.19. The van der Waals surface area contributed by atoms with Gasteiger partial charge in [0.2, 0.25) is 0 Å². The van der Waals surface area contributed by atoms with Crippen molar-refractivity contribution in [2.75, 3.05) is 19.0 Å². The van der Waals surface area contributed by atoms with E-state index in [0.717, 1.165) is 12.3 Å². The molecule has 0 saturated carbocycles. The van der Waals surface area contributed by atoms with Crippen molar-refractivity contribution in [2.45, 2.75) is 26.2 Å². The molecule has 0 amide bonds. The fourth-order valence-corrected chi connectivity index (χ4v) is 1.52. The van der Waals surface area contributed by atoms with E-state index in [1.807, 2.05) is 0 Å². The van der Waals surface area contributed by atoms with Gasteiger partial charge in [-0.3, -0.25) is 0 Å². The van der Waals surface area contributed by atoms with Crippen LogP contribution in [0.25, 0.3) is 0 Å². The van der Waals surface area contributed by atoms with Crippen LogP contribution in [0.2, 0.25) is 0 Å². The molecular formula is C14H23LiN. The average molecular weight is 212 g/mol. The molecule has 1 atom stereocenters. The Balaban J connectivity index is 0.00000225. The number of aryl methyl sites for hydroxylation is 1. The Kier molecular flexibility index (Phi) is 7.63. The zero-order valence-corrected chi connectivity index (χ0v) is 10.2. The van der Waals surface area contributed by atoms with Crippen LogP contribution in [0.5, 0.6) is 0 Å². The molecular weight excluding hydrogens is 189 g/mol. The molecule has 0 heterocycles. The Morgan fingerprint density at radius 3 is 2.19 bits per heavy atom. The SMILES string of the molecule is [CH2]CC(C)CCc1ccc(N(C)C)cc1.[LiH]. The zero-order chi connectivity index (χ0) is 11.3. The first kappa shape index (κ1) is 15.6. The molecule has 85 valence electrons. The van der Waals surface area contributed by atoms with Gasteiger partial charge in [0, 0.05) is 19.8 Å². The monoisotopic (exact) mass is 212 g/mol. The van der Waals surface area contributed by atoms with Gasteiger partial charge < -0.3 is 4.90 Å². The molecule has 0 N–H and O–H groups in total. The molecule has 0 saturated heterocycles. The molecule has 16 heavy (non-hydrogen) atoms. The van der Waals surface area contributed by atoms with Gasteiger partial charge in [-0.1, -0.05) is 32.4 Å². The minimum absolute atomic E-state index is 0. The van der Waals surface area contributed by atoms with Crippen LogP contribution in [-0.4, -0.2) is 33.0 Å². The Hall–Kier alpha value is -0.383. The molecule has 0 spiro atoms. The van der Waals surface area contributed by atoms with Crippen molar-refractivity contribution in [1.82, 2.24) is 0 Å². The third-order valence-corrected chi connectivity index (χ3v) is 2.87. The normalized spacial score (nSPS) is 11.8. The fraction of sp³-hybridized carbons (Fsp3) is 0.500. The van der Waals surface area contributed by atoms with Gasteiger partial charge in [0.05, 0.1) is 0 Å². The van der Waals surface area contributed by atoms with Gasteiger partial charge in [-0.05, 0) is 36.5 Å². The molecule has 0 aromatic heterocycles. The topological polar surface area (TPSA) is 3.24 Å². The molecule has 1 nitrogen and oxygen atoms in total. The van der Waals surface area contributed by atoms with E-state index in [1.54, 1.807) is 0 Å². The van der Waals surface area contributed by atoms with Crippen LogP contribution < -0.4 is 4.90 Å². The fourth-order valence-electron chi connectivity index (χ4n) is 1.52. The van der Waals surface area contributed by atoms with E-state index in [9.17, 15) is 0 Å². The first-order chi connectivity index (χ1) is 7.13. The van der Waals surface area contributed by atoms with Crippen LogP contribution in [0.4, 0.5) is 5.69 Å². The summed E-state index contributed by atoms with van der Waals surface area (Å²) in [6.07, 6.45) is 3.45. The molecule has 1 aromatic carbocycles. The van der Waals surface area contributed by atoms with Crippen molar-refractivity contribution in [3.63, 3.8) is 0 Å². The molecule has 1 rings (SSSR count). The van der Waals surface area contributed by atoms with E-state index in [1.165, 1.54) is 24.1 Å². The molecule has 0 aliphatic rings. The predicted octanol–water partition coefficient (Wildman–Crippen LogP) is 2.90. The van der Waals surface area contributed by atoms with E-state index in [2.05, 4.69) is 57.1 Å². The number of rotatable bonds is 5. The third kappa shape index (κ3) is 5.10. The molecule has 1 radical (unpaired) electrons. The van der Waals surface area contributed by atoms with Crippen molar-refractivity contribution >= 4 is 24.5 Å². The summed E-state index contributed by atoms with van der Waals surface area (Å²) in [5, 5.41) is 0. The molecule has 0 fully saturated rings. The Labute approximate surface area is 112 Å². The Morgan fingerprint density at radius 1 is 1.19 bits per heavy atom. The van der Waals surface area contributed by atoms with Crippen molar-refractivity contribution in [1.29, 1.82) is 0 Å². The summed E-state index contributed by atoms with van der Waals surface area (Å²) < 4.78 is 0. The zero-order valence-electron chi connectivity index (χ0n) is 10.2. The average Bonchev–Trinajstić information content (AvgIpc) is 2.26. The van der Waals surface area contributed by atoms with Crippen molar-refractivity contribution in [3.05, 3.63) is 36.8 Å². The first-order valence-corrected chi connectivity index (χ1v) is 5.69. The van der Waals surface area contributed by atoms with Gasteiger partial charge >= 0.3 is 18.9 Å². The number of hydrogen-bond acceptors (Lipinski definition) is 1. The minimum atomic E-state index is 0. The third-order valence-electron chi connectivity index (χ3n) is 2.87. The van der Waals surface area contributed by atoms with Gasteiger partial charge in [-0.15, -0.1) is 0 Å². The molecule has 0 aliphatic heterocycles. The van der Waals surface area contributed by atoms with Gasteiger partial charge in [0.1, 0.15) is 0 Å². The second-order valence-electron chi connectivity index (χ2n) is 4.49. The maximum atomic E-state index is 3.93. The van der Waals surface area contributed by atoms with Crippen LogP contribution in [0.15, 0.2) is 24.3 Å². The van der Waals surface area contributed by atoms with Crippen molar-refractivity contribution < 1.29 is 0 Å². The van der Waals surface area contributed by atoms with E-state index >= 15 is 0 Å². The second kappa shape index (κ2) is 7.82. The summed E-state index contributed by atoms with van der Waals surface area (Å²) >= 11 is 0. The van der Waals surface area contributed by atoms with Gasteiger partial charge in [-0.2, -0.15) is 0 Å². The van der Waals surface area contributed by atoms with E-state index in [0.29, 0.717) is 0 Å². The van der Waals surface area contributed by atoms with Crippen LogP contribution >= 0.6 is 0 Å². The summed E-state index contributed by atoms with van der Waals surface area (Å²) in [7, 11) is 4.14. The van der Waals surface area contributed by atoms with Crippen LogP contribution in [0, 0.1) is 12.8 Å². The first-order valence-electron chi connectivity index (χ1n) is 5.69. The van der Waals surface area contributed by atoms with E-state index < -0.39 is 0 Å². The molecule has 0 bridgehead atoms. The molecule has 0 aliphatic carbocycles. The van der Waals surface area contributed by atoms with Crippen molar-refractivity contribution in [2.24, 2.45) is 5.92 Å². The maximum absolute atomic E-state index is 3.93. The Morgan fingerprint density at radius 2 is 1.75 bits per heavy atom. The second-order valence-corrected chi connectivity index (χ2v) is 4.49. The number of nitrogens with zero attached hydrogens (tertiary/aromatic N) is 1. The molecule has 1 unspecified atom stereocenters. The molecule has 1 aromatic rings. The predicted molar refractivity (Wildman–Crippen MR) is 75.4 cm³/mol.